The van der Waals surface area contributed by atoms with E-state index < -0.39 is 11.4 Å². The maximum atomic E-state index is 13.3. The first-order valence-corrected chi connectivity index (χ1v) is 5.91. The van der Waals surface area contributed by atoms with Crippen LogP contribution in [0.4, 0.5) is 4.39 Å². The smallest absolute Gasteiger partial charge is 0.251 e. The van der Waals surface area contributed by atoms with Gasteiger partial charge in [0.05, 0.1) is 16.6 Å². The molecule has 0 saturated heterocycles. The van der Waals surface area contributed by atoms with Gasteiger partial charge in [-0.25, -0.2) is 4.39 Å². The molecule has 0 unspecified atom stereocenters. The van der Waals surface area contributed by atoms with Crippen LogP contribution in [-0.4, -0.2) is 25.2 Å². The maximum Gasteiger partial charge on any atom is 0.251 e. The molecule has 1 aromatic carbocycles. The predicted molar refractivity (Wildman–Crippen MR) is 67.5 cm³/mol. The third-order valence-corrected chi connectivity index (χ3v) is 2.78. The number of amides is 1. The largest absolute Gasteiger partial charge is 0.382 e. The van der Waals surface area contributed by atoms with Crippen LogP contribution >= 0.6 is 15.9 Å². The fraction of sp³-hybridized carbons (Fsp3) is 0.417. The Labute approximate surface area is 108 Å². The Kier molecular flexibility index (Phi) is 4.65. The molecule has 0 aliphatic carbocycles. The number of carbonyl (C=O) groups excluding carboxylic acids is 1. The minimum atomic E-state index is -0.491. The SMILES string of the molecule is COCC(C)(C)NC(=O)c1ccc(Br)c(F)c1. The van der Waals surface area contributed by atoms with E-state index in [1.54, 1.807) is 13.2 Å². The molecule has 0 aromatic heterocycles. The molecule has 17 heavy (non-hydrogen) atoms. The van der Waals surface area contributed by atoms with Crippen LogP contribution in [0, 0.1) is 5.82 Å². The molecule has 0 spiro atoms. The maximum absolute atomic E-state index is 13.3. The fourth-order valence-electron chi connectivity index (χ4n) is 1.41. The summed E-state index contributed by atoms with van der Waals surface area (Å²) in [5, 5.41) is 2.77. The Morgan fingerprint density at radius 3 is 2.71 bits per heavy atom. The van der Waals surface area contributed by atoms with Crippen molar-refractivity contribution in [3.63, 3.8) is 0 Å². The Morgan fingerprint density at radius 2 is 2.18 bits per heavy atom. The van der Waals surface area contributed by atoms with Gasteiger partial charge in [-0.05, 0) is 48.0 Å². The Bertz CT molecular complexity index is 421. The van der Waals surface area contributed by atoms with E-state index in [4.69, 9.17) is 4.74 Å². The van der Waals surface area contributed by atoms with E-state index in [0.29, 0.717) is 11.1 Å². The number of carbonyl (C=O) groups is 1. The van der Waals surface area contributed by atoms with Crippen molar-refractivity contribution < 1.29 is 13.9 Å². The van der Waals surface area contributed by atoms with Crippen LogP contribution in [-0.2, 0) is 4.74 Å². The van der Waals surface area contributed by atoms with Crippen molar-refractivity contribution in [3.05, 3.63) is 34.1 Å². The molecule has 0 bridgehead atoms. The van der Waals surface area contributed by atoms with Crippen LogP contribution in [0.25, 0.3) is 0 Å². The van der Waals surface area contributed by atoms with Crippen LogP contribution in [0.15, 0.2) is 22.7 Å². The van der Waals surface area contributed by atoms with Crippen LogP contribution in [0.3, 0.4) is 0 Å². The molecule has 3 nitrogen and oxygen atoms in total. The lowest BCUT2D eigenvalue weighted by Crippen LogP contribution is -2.46. The molecule has 0 aliphatic heterocycles. The van der Waals surface area contributed by atoms with Gasteiger partial charge < -0.3 is 10.1 Å². The minimum Gasteiger partial charge on any atom is -0.382 e. The van der Waals surface area contributed by atoms with E-state index in [-0.39, 0.29) is 11.5 Å². The molecule has 0 radical (unpaired) electrons. The quantitative estimate of drug-likeness (QED) is 0.929. The lowest BCUT2D eigenvalue weighted by Gasteiger charge is -2.25. The lowest BCUT2D eigenvalue weighted by molar-refractivity contribution is 0.0819. The van der Waals surface area contributed by atoms with E-state index in [1.807, 2.05) is 13.8 Å². The van der Waals surface area contributed by atoms with E-state index in [9.17, 15) is 9.18 Å². The minimum absolute atomic E-state index is 0.287. The number of hydrogen-bond donors (Lipinski definition) is 1. The van der Waals surface area contributed by atoms with Gasteiger partial charge in [0.25, 0.3) is 5.91 Å². The van der Waals surface area contributed by atoms with Gasteiger partial charge in [0.15, 0.2) is 0 Å². The molecule has 0 heterocycles. The van der Waals surface area contributed by atoms with E-state index in [2.05, 4.69) is 21.2 Å². The molecule has 1 amide bonds. The molecule has 0 atom stereocenters. The number of benzene rings is 1. The van der Waals surface area contributed by atoms with Gasteiger partial charge in [-0.3, -0.25) is 4.79 Å². The van der Waals surface area contributed by atoms with Crippen molar-refractivity contribution in [1.29, 1.82) is 0 Å². The lowest BCUT2D eigenvalue weighted by atomic mass is 10.1. The van der Waals surface area contributed by atoms with Gasteiger partial charge in [0.2, 0.25) is 0 Å². The summed E-state index contributed by atoms with van der Waals surface area (Å²) in [5.41, 5.74) is -0.204. The second kappa shape index (κ2) is 5.60. The molecule has 0 saturated carbocycles. The molecule has 0 aliphatic rings. The zero-order chi connectivity index (χ0) is 13.1. The molecular formula is C12H15BrFNO2. The highest BCUT2D eigenvalue weighted by atomic mass is 79.9. The monoisotopic (exact) mass is 303 g/mol. The summed E-state index contributed by atoms with van der Waals surface area (Å²) < 4.78 is 18.6. The average Bonchev–Trinajstić information content (AvgIpc) is 2.21. The van der Waals surface area contributed by atoms with Crippen molar-refractivity contribution in [3.8, 4) is 0 Å². The standard InChI is InChI=1S/C12H15BrFNO2/c1-12(2,7-17-3)15-11(16)8-4-5-9(13)10(14)6-8/h4-6H,7H2,1-3H3,(H,15,16). The number of nitrogens with one attached hydrogen (secondary N) is 1. The van der Waals surface area contributed by atoms with E-state index in [1.165, 1.54) is 12.1 Å². The zero-order valence-corrected chi connectivity index (χ0v) is 11.6. The third kappa shape index (κ3) is 4.09. The summed E-state index contributed by atoms with van der Waals surface area (Å²) in [5.74, 6) is -0.777. The molecule has 1 N–H and O–H groups in total. The van der Waals surface area contributed by atoms with Crippen molar-refractivity contribution >= 4 is 21.8 Å². The average molecular weight is 304 g/mol. The van der Waals surface area contributed by atoms with Crippen LogP contribution in [0.2, 0.25) is 0 Å². The van der Waals surface area contributed by atoms with E-state index in [0.717, 1.165) is 0 Å². The molecule has 94 valence electrons. The second-order valence-corrected chi connectivity index (χ2v) is 5.25. The van der Waals surface area contributed by atoms with Gasteiger partial charge >= 0.3 is 0 Å². The van der Waals surface area contributed by atoms with E-state index >= 15 is 0 Å². The highest BCUT2D eigenvalue weighted by molar-refractivity contribution is 9.10. The first kappa shape index (κ1) is 14.1. The van der Waals surface area contributed by atoms with Gasteiger partial charge in [-0.15, -0.1) is 0 Å². The van der Waals surface area contributed by atoms with Crippen LogP contribution in [0.1, 0.15) is 24.2 Å². The number of ether oxygens (including phenoxy) is 1. The van der Waals surface area contributed by atoms with Gasteiger partial charge in [0.1, 0.15) is 5.82 Å². The first-order valence-electron chi connectivity index (χ1n) is 5.12. The van der Waals surface area contributed by atoms with Crippen LogP contribution < -0.4 is 5.32 Å². The van der Waals surface area contributed by atoms with Crippen molar-refractivity contribution in [1.82, 2.24) is 5.32 Å². The third-order valence-electron chi connectivity index (χ3n) is 2.14. The number of halogens is 2. The first-order chi connectivity index (χ1) is 7.85. The summed E-state index contributed by atoms with van der Waals surface area (Å²) in [6.45, 7) is 4.06. The normalized spacial score (nSPS) is 11.4. The summed E-state index contributed by atoms with van der Waals surface area (Å²) in [6.07, 6.45) is 0. The molecule has 1 aromatic rings. The molecule has 5 heteroatoms. The van der Waals surface area contributed by atoms with Crippen molar-refractivity contribution in [2.75, 3.05) is 13.7 Å². The summed E-state index contributed by atoms with van der Waals surface area (Å²) in [7, 11) is 1.56. The van der Waals surface area contributed by atoms with Gasteiger partial charge in [-0.1, -0.05) is 0 Å². The highest BCUT2D eigenvalue weighted by Gasteiger charge is 2.21. The zero-order valence-electron chi connectivity index (χ0n) is 10.0. The molecule has 1 rings (SSSR count). The van der Waals surface area contributed by atoms with Crippen molar-refractivity contribution in [2.45, 2.75) is 19.4 Å². The molecule has 0 fully saturated rings. The Balaban J connectivity index is 2.80. The molecular weight excluding hydrogens is 289 g/mol. The topological polar surface area (TPSA) is 38.3 Å². The Morgan fingerprint density at radius 1 is 1.53 bits per heavy atom. The number of methoxy groups -OCH3 is 1. The predicted octanol–water partition coefficient (Wildman–Crippen LogP) is 2.74. The second-order valence-electron chi connectivity index (χ2n) is 4.40. The summed E-state index contributed by atoms with van der Waals surface area (Å²) >= 11 is 3.04. The van der Waals surface area contributed by atoms with Crippen LogP contribution in [0.5, 0.6) is 0 Å². The summed E-state index contributed by atoms with van der Waals surface area (Å²) in [6, 6.07) is 4.27. The fourth-order valence-corrected chi connectivity index (χ4v) is 1.66. The Hall–Kier alpha value is -0.940. The highest BCUT2D eigenvalue weighted by Crippen LogP contribution is 2.17. The number of hydrogen-bond acceptors (Lipinski definition) is 2. The van der Waals surface area contributed by atoms with Gasteiger partial charge in [0, 0.05) is 12.7 Å². The number of rotatable bonds is 4. The van der Waals surface area contributed by atoms with Crippen molar-refractivity contribution in [2.24, 2.45) is 0 Å². The van der Waals surface area contributed by atoms with Gasteiger partial charge in [-0.2, -0.15) is 0 Å². The summed E-state index contributed by atoms with van der Waals surface area (Å²) in [4.78, 5) is 11.9.